The van der Waals surface area contributed by atoms with Crippen molar-refractivity contribution >= 4 is 27.7 Å². The summed E-state index contributed by atoms with van der Waals surface area (Å²) in [6, 6.07) is 11.5. The van der Waals surface area contributed by atoms with E-state index in [1.54, 1.807) is 0 Å². The largest absolute Gasteiger partial charge is 0.452 e. The highest BCUT2D eigenvalue weighted by molar-refractivity contribution is 9.10. The van der Waals surface area contributed by atoms with E-state index in [0.29, 0.717) is 17.8 Å². The van der Waals surface area contributed by atoms with Gasteiger partial charge in [0.15, 0.2) is 4.67 Å². The van der Waals surface area contributed by atoms with Crippen molar-refractivity contribution in [2.45, 2.75) is 39.5 Å². The van der Waals surface area contributed by atoms with Gasteiger partial charge in [-0.25, -0.2) is 4.79 Å². The van der Waals surface area contributed by atoms with Crippen molar-refractivity contribution in [1.82, 2.24) is 5.32 Å². The molecule has 0 radical (unpaired) electrons. The minimum atomic E-state index is -0.505. The summed E-state index contributed by atoms with van der Waals surface area (Å²) in [7, 11) is 0. The van der Waals surface area contributed by atoms with Gasteiger partial charge in [-0.2, -0.15) is 0 Å². The second-order valence-electron chi connectivity index (χ2n) is 6.07. The maximum absolute atomic E-state index is 11.8. The van der Waals surface area contributed by atoms with Crippen LogP contribution in [0.5, 0.6) is 0 Å². The normalized spacial score (nSPS) is 11.1. The smallest absolute Gasteiger partial charge is 0.407 e. The molecule has 0 aliphatic carbocycles. The van der Waals surface area contributed by atoms with Crippen LogP contribution in [0.15, 0.2) is 45.5 Å². The summed E-state index contributed by atoms with van der Waals surface area (Å²) >= 11 is 3.28. The minimum absolute atomic E-state index is 0.389. The summed E-state index contributed by atoms with van der Waals surface area (Å²) in [6.45, 7) is 6.46. The van der Waals surface area contributed by atoms with Crippen LogP contribution in [0.25, 0.3) is 0 Å². The van der Waals surface area contributed by atoms with Gasteiger partial charge in [-0.05, 0) is 60.5 Å². The molecule has 1 heterocycles. The van der Waals surface area contributed by atoms with Crippen LogP contribution >= 0.6 is 15.9 Å². The molecule has 0 aliphatic rings. The SMILES string of the molecule is CC(C)(C)OC(=O)NCc1ccccc1NCc1ccc(Br)o1. The summed E-state index contributed by atoms with van der Waals surface area (Å²) in [5.41, 5.74) is 1.41. The topological polar surface area (TPSA) is 63.5 Å². The first-order valence-corrected chi connectivity index (χ1v) is 8.15. The van der Waals surface area contributed by atoms with Crippen molar-refractivity contribution in [2.24, 2.45) is 0 Å². The number of rotatable bonds is 5. The van der Waals surface area contributed by atoms with Gasteiger partial charge in [-0.15, -0.1) is 0 Å². The quantitative estimate of drug-likeness (QED) is 0.790. The van der Waals surface area contributed by atoms with E-state index in [9.17, 15) is 4.79 Å². The van der Waals surface area contributed by atoms with Crippen LogP contribution in [-0.4, -0.2) is 11.7 Å². The fourth-order valence-corrected chi connectivity index (χ4v) is 2.30. The lowest BCUT2D eigenvalue weighted by molar-refractivity contribution is 0.0523. The Morgan fingerprint density at radius 1 is 1.17 bits per heavy atom. The Kier molecular flexibility index (Phi) is 5.71. The maximum Gasteiger partial charge on any atom is 0.407 e. The van der Waals surface area contributed by atoms with Gasteiger partial charge < -0.3 is 19.8 Å². The highest BCUT2D eigenvalue weighted by Gasteiger charge is 2.16. The van der Waals surface area contributed by atoms with Crippen LogP contribution in [0.1, 0.15) is 32.1 Å². The van der Waals surface area contributed by atoms with Crippen molar-refractivity contribution in [1.29, 1.82) is 0 Å². The molecule has 0 saturated carbocycles. The molecule has 1 aromatic heterocycles. The molecule has 0 atom stereocenters. The van der Waals surface area contributed by atoms with Crippen molar-refractivity contribution in [3.8, 4) is 0 Å². The third-order valence-corrected chi connectivity index (χ3v) is 3.35. The molecule has 0 fully saturated rings. The van der Waals surface area contributed by atoms with Crippen LogP contribution < -0.4 is 10.6 Å². The average molecular weight is 381 g/mol. The minimum Gasteiger partial charge on any atom is -0.452 e. The molecule has 0 aliphatic heterocycles. The predicted molar refractivity (Wildman–Crippen MR) is 93.3 cm³/mol. The number of anilines is 1. The number of para-hydroxylation sites is 1. The van der Waals surface area contributed by atoms with Crippen LogP contribution in [0.2, 0.25) is 0 Å². The number of ether oxygens (including phenoxy) is 1. The van der Waals surface area contributed by atoms with E-state index in [2.05, 4.69) is 26.6 Å². The van der Waals surface area contributed by atoms with Crippen LogP contribution in [0.3, 0.4) is 0 Å². The number of carbonyl (C=O) groups excluding carboxylic acids is 1. The number of hydrogen-bond donors (Lipinski definition) is 2. The molecule has 5 nitrogen and oxygen atoms in total. The van der Waals surface area contributed by atoms with E-state index >= 15 is 0 Å². The average Bonchev–Trinajstić information content (AvgIpc) is 2.87. The van der Waals surface area contributed by atoms with E-state index in [1.165, 1.54) is 0 Å². The summed E-state index contributed by atoms with van der Waals surface area (Å²) in [5, 5.41) is 6.07. The zero-order chi connectivity index (χ0) is 16.9. The molecule has 0 unspecified atom stereocenters. The first-order valence-electron chi connectivity index (χ1n) is 7.36. The highest BCUT2D eigenvalue weighted by Crippen LogP contribution is 2.19. The number of carbonyl (C=O) groups is 1. The molecule has 1 aromatic carbocycles. The van der Waals surface area contributed by atoms with Crippen molar-refractivity contribution in [3.63, 3.8) is 0 Å². The van der Waals surface area contributed by atoms with E-state index in [4.69, 9.17) is 9.15 Å². The monoisotopic (exact) mass is 380 g/mol. The Bertz CT molecular complexity index is 662. The number of amides is 1. The highest BCUT2D eigenvalue weighted by atomic mass is 79.9. The van der Waals surface area contributed by atoms with E-state index in [0.717, 1.165) is 17.0 Å². The number of benzene rings is 1. The number of nitrogens with one attached hydrogen (secondary N) is 2. The summed E-state index contributed by atoms with van der Waals surface area (Å²) in [6.07, 6.45) is -0.428. The lowest BCUT2D eigenvalue weighted by atomic mass is 10.1. The van der Waals surface area contributed by atoms with Crippen molar-refractivity contribution < 1.29 is 13.9 Å². The second-order valence-corrected chi connectivity index (χ2v) is 6.85. The van der Waals surface area contributed by atoms with E-state index < -0.39 is 11.7 Å². The molecule has 23 heavy (non-hydrogen) atoms. The van der Waals surface area contributed by atoms with Crippen LogP contribution in [-0.2, 0) is 17.8 Å². The molecule has 124 valence electrons. The van der Waals surface area contributed by atoms with E-state index in [-0.39, 0.29) is 0 Å². The van der Waals surface area contributed by atoms with E-state index in [1.807, 2.05) is 57.2 Å². The summed E-state index contributed by atoms with van der Waals surface area (Å²) < 4.78 is 11.4. The lowest BCUT2D eigenvalue weighted by Gasteiger charge is -2.20. The number of furan rings is 1. The zero-order valence-electron chi connectivity index (χ0n) is 13.5. The second kappa shape index (κ2) is 7.55. The first-order chi connectivity index (χ1) is 10.8. The maximum atomic E-state index is 11.8. The number of halogens is 1. The third-order valence-electron chi connectivity index (χ3n) is 2.92. The molecule has 1 amide bonds. The van der Waals surface area contributed by atoms with Gasteiger partial charge in [-0.3, -0.25) is 0 Å². The number of alkyl carbamates (subject to hydrolysis) is 1. The molecule has 2 N–H and O–H groups in total. The molecule has 0 spiro atoms. The van der Waals surface area contributed by atoms with Gasteiger partial charge in [0.1, 0.15) is 11.4 Å². The molecular formula is C17H21BrN2O3. The van der Waals surface area contributed by atoms with Gasteiger partial charge in [0.25, 0.3) is 0 Å². The van der Waals surface area contributed by atoms with Gasteiger partial charge in [-0.1, -0.05) is 18.2 Å². The van der Waals surface area contributed by atoms with Crippen LogP contribution in [0.4, 0.5) is 10.5 Å². The molecular weight excluding hydrogens is 360 g/mol. The Labute approximate surface area is 144 Å². The summed E-state index contributed by atoms with van der Waals surface area (Å²) in [5.74, 6) is 0.826. The fraction of sp³-hybridized carbons (Fsp3) is 0.353. The number of hydrogen-bond acceptors (Lipinski definition) is 4. The Morgan fingerprint density at radius 3 is 2.57 bits per heavy atom. The molecule has 2 aromatic rings. The molecule has 2 rings (SSSR count). The van der Waals surface area contributed by atoms with Gasteiger partial charge in [0.2, 0.25) is 0 Å². The molecule has 6 heteroatoms. The summed E-state index contributed by atoms with van der Waals surface area (Å²) in [4.78, 5) is 11.8. The van der Waals surface area contributed by atoms with Crippen molar-refractivity contribution in [2.75, 3.05) is 5.32 Å². The fourth-order valence-electron chi connectivity index (χ4n) is 1.96. The Balaban J connectivity index is 1.93. The predicted octanol–water partition coefficient (Wildman–Crippen LogP) is 4.68. The lowest BCUT2D eigenvalue weighted by Crippen LogP contribution is -2.32. The zero-order valence-corrected chi connectivity index (χ0v) is 15.1. The third kappa shape index (κ3) is 5.98. The molecule has 0 saturated heterocycles. The molecule has 0 bridgehead atoms. The van der Waals surface area contributed by atoms with Crippen molar-refractivity contribution in [3.05, 3.63) is 52.4 Å². The van der Waals surface area contributed by atoms with Gasteiger partial charge >= 0.3 is 6.09 Å². The Hall–Kier alpha value is -1.95. The van der Waals surface area contributed by atoms with Gasteiger partial charge in [0, 0.05) is 12.2 Å². The van der Waals surface area contributed by atoms with Gasteiger partial charge in [0.05, 0.1) is 6.54 Å². The Morgan fingerprint density at radius 2 is 1.91 bits per heavy atom. The standard InChI is InChI=1S/C17H21BrN2O3/c1-17(2,3)23-16(21)20-10-12-6-4-5-7-14(12)19-11-13-8-9-15(18)22-13/h4-9,19H,10-11H2,1-3H3,(H,20,21). The van der Waals surface area contributed by atoms with Crippen LogP contribution in [0, 0.1) is 0 Å². The first kappa shape index (κ1) is 17.4.